The first-order valence-electron chi connectivity index (χ1n) is 25.2. The second-order valence-corrected chi connectivity index (χ2v) is 20.8. The number of hydrogen-bond acceptors (Lipinski definition) is 4. The first kappa shape index (κ1) is 38.5. The lowest BCUT2D eigenvalue weighted by Crippen LogP contribution is -2.42. The molecule has 8 aromatic carbocycles. The third kappa shape index (κ3) is 6.47. The van der Waals surface area contributed by atoms with Crippen molar-refractivity contribution in [2.75, 3.05) is 16.5 Å². The van der Waals surface area contributed by atoms with E-state index in [-0.39, 0.29) is 16.2 Å². The summed E-state index contributed by atoms with van der Waals surface area (Å²) in [7, 11) is 0. The summed E-state index contributed by atoms with van der Waals surface area (Å²) in [6.45, 7) is 14.4. The fourth-order valence-electron chi connectivity index (χ4n) is 10.9. The van der Waals surface area contributed by atoms with Crippen LogP contribution in [0.2, 0.25) is 0 Å². The summed E-state index contributed by atoms with van der Waals surface area (Å²) in [5, 5.41) is 8.76. The lowest BCUT2D eigenvalue weighted by atomic mass is 9.57. The van der Waals surface area contributed by atoms with Gasteiger partial charge in [-0.05, 0) is 123 Å². The standard InChI is InChI=1S/C63H56N4O/c1-40-30-50(42-22-14-10-15-23-42)59(51(31-40)43-24-16-11-17-25-43)66-39-65(55-26-18-19-27-56(55)66)46-34-45(61(2,3)4)35-48(36-46)68-47-28-29-49-52-32-44(41-20-12-9-13-21-41)33-53-58(52)60-54(63(7,8)62(53,5)6)38-64-67(60)57(49)37-47/h9-38H,39H2,1-8H3/i1D3. The maximum Gasteiger partial charge on any atom is 0.129 e. The van der Waals surface area contributed by atoms with Crippen molar-refractivity contribution >= 4 is 49.9 Å². The fourth-order valence-corrected chi connectivity index (χ4v) is 10.9. The summed E-state index contributed by atoms with van der Waals surface area (Å²) < 4.78 is 35.0. The molecule has 0 amide bonds. The van der Waals surface area contributed by atoms with Gasteiger partial charge in [0.15, 0.2) is 0 Å². The molecule has 0 bridgehead atoms. The third-order valence-corrected chi connectivity index (χ3v) is 15.2. The largest absolute Gasteiger partial charge is 0.457 e. The van der Waals surface area contributed by atoms with Gasteiger partial charge in [-0.2, -0.15) is 5.10 Å². The zero-order valence-corrected chi connectivity index (χ0v) is 39.7. The number of fused-ring (bicyclic) bond motifs is 4. The van der Waals surface area contributed by atoms with Crippen LogP contribution in [0.3, 0.4) is 0 Å². The predicted octanol–water partition coefficient (Wildman–Crippen LogP) is 16.9. The molecular formula is C63H56N4O. The van der Waals surface area contributed by atoms with Gasteiger partial charge in [-0.3, -0.25) is 0 Å². The first-order valence-corrected chi connectivity index (χ1v) is 23.7. The van der Waals surface area contributed by atoms with Crippen molar-refractivity contribution in [2.24, 2.45) is 0 Å². The molecule has 10 aromatic rings. The summed E-state index contributed by atoms with van der Waals surface area (Å²) in [4.78, 5) is 4.69. The van der Waals surface area contributed by atoms with Gasteiger partial charge in [0.1, 0.15) is 18.2 Å². The highest BCUT2D eigenvalue weighted by atomic mass is 16.5. The van der Waals surface area contributed by atoms with E-state index in [0.717, 1.165) is 78.5 Å². The number of nitrogens with zero attached hydrogens (tertiary/aromatic N) is 4. The quantitative estimate of drug-likeness (QED) is 0.149. The van der Waals surface area contributed by atoms with E-state index in [1.165, 1.54) is 33.0 Å². The SMILES string of the molecule is [2H]C([2H])([2H])c1cc(-c2ccccc2)c(N2CN(c3cc(Oc4ccc5c6cc(-c7ccccc7)cc7c6c6c(cnn6c5c4)C(C)(C)C7(C)C)cc(C(C)(C)C)c3)c3ccccc32)c(-c2ccccc2)c1. The average molecular weight is 888 g/mol. The van der Waals surface area contributed by atoms with Gasteiger partial charge in [-0.15, -0.1) is 0 Å². The average Bonchev–Trinajstić information content (AvgIpc) is 3.99. The molecule has 0 radical (unpaired) electrons. The molecule has 68 heavy (non-hydrogen) atoms. The summed E-state index contributed by atoms with van der Waals surface area (Å²) in [6, 6.07) is 61.1. The topological polar surface area (TPSA) is 33.0 Å². The number of aryl methyl sites for hydroxylation is 1. The lowest BCUT2D eigenvalue weighted by molar-refractivity contribution is 0.304. The lowest BCUT2D eigenvalue weighted by Gasteiger charge is -2.45. The summed E-state index contributed by atoms with van der Waals surface area (Å²) in [5.74, 6) is 1.46. The molecule has 5 heteroatoms. The second-order valence-electron chi connectivity index (χ2n) is 20.8. The van der Waals surface area contributed by atoms with Gasteiger partial charge in [0.2, 0.25) is 0 Å². The Hall–Kier alpha value is -7.63. The molecule has 0 atom stereocenters. The predicted molar refractivity (Wildman–Crippen MR) is 285 cm³/mol. The van der Waals surface area contributed by atoms with E-state index in [1.807, 2.05) is 48.5 Å². The smallest absolute Gasteiger partial charge is 0.129 e. The molecule has 1 aliphatic heterocycles. The molecule has 0 unspecified atom stereocenters. The summed E-state index contributed by atoms with van der Waals surface area (Å²) in [6.07, 6.45) is 2.08. The minimum Gasteiger partial charge on any atom is -0.457 e. The van der Waals surface area contributed by atoms with Gasteiger partial charge >= 0.3 is 0 Å². The minimum atomic E-state index is -2.31. The molecule has 0 spiro atoms. The van der Waals surface area contributed by atoms with E-state index < -0.39 is 6.85 Å². The van der Waals surface area contributed by atoms with Crippen LogP contribution < -0.4 is 14.5 Å². The Morgan fingerprint density at radius 2 is 1.16 bits per heavy atom. The number of benzene rings is 8. The maximum atomic E-state index is 8.58. The van der Waals surface area contributed by atoms with E-state index in [2.05, 4.69) is 196 Å². The van der Waals surface area contributed by atoms with Crippen LogP contribution in [-0.4, -0.2) is 16.3 Å². The van der Waals surface area contributed by atoms with Crippen LogP contribution in [0.5, 0.6) is 11.5 Å². The van der Waals surface area contributed by atoms with Crippen LogP contribution in [0.4, 0.5) is 22.7 Å². The van der Waals surface area contributed by atoms with Gasteiger partial charge in [-0.25, -0.2) is 4.52 Å². The first-order chi connectivity index (χ1) is 34.0. The van der Waals surface area contributed by atoms with Gasteiger partial charge in [0, 0.05) is 54.8 Å². The van der Waals surface area contributed by atoms with E-state index in [0.29, 0.717) is 12.2 Å². The van der Waals surface area contributed by atoms with Crippen LogP contribution in [0.1, 0.15) is 74.8 Å². The molecule has 1 aliphatic carbocycles. The molecule has 0 fully saturated rings. The van der Waals surface area contributed by atoms with Crippen molar-refractivity contribution in [1.82, 2.24) is 9.61 Å². The number of ether oxygens (including phenoxy) is 1. The van der Waals surface area contributed by atoms with Gasteiger partial charge in [0.05, 0.1) is 34.3 Å². The number of aromatic nitrogens is 2. The highest BCUT2D eigenvalue weighted by Gasteiger charge is 2.46. The van der Waals surface area contributed by atoms with Crippen LogP contribution in [-0.2, 0) is 16.2 Å². The summed E-state index contributed by atoms with van der Waals surface area (Å²) in [5.41, 5.74) is 15.6. The van der Waals surface area contributed by atoms with Crippen molar-refractivity contribution in [2.45, 2.75) is 71.6 Å². The van der Waals surface area contributed by atoms with Gasteiger partial charge in [-0.1, -0.05) is 152 Å². The van der Waals surface area contributed by atoms with Crippen molar-refractivity contribution < 1.29 is 8.85 Å². The molecule has 3 heterocycles. The van der Waals surface area contributed by atoms with Crippen LogP contribution in [0.15, 0.2) is 182 Å². The van der Waals surface area contributed by atoms with E-state index in [9.17, 15) is 0 Å². The zero-order chi connectivity index (χ0) is 49.2. The molecule has 2 aliphatic rings. The third-order valence-electron chi connectivity index (χ3n) is 15.2. The highest BCUT2D eigenvalue weighted by Crippen LogP contribution is 2.55. The second kappa shape index (κ2) is 15.2. The molecule has 334 valence electrons. The number of anilines is 4. The Kier molecular flexibility index (Phi) is 8.60. The maximum absolute atomic E-state index is 8.58. The monoisotopic (exact) mass is 887 g/mol. The van der Waals surface area contributed by atoms with Crippen LogP contribution >= 0.6 is 0 Å². The Morgan fingerprint density at radius 3 is 1.79 bits per heavy atom. The van der Waals surface area contributed by atoms with Crippen molar-refractivity contribution in [1.29, 1.82) is 0 Å². The molecule has 12 rings (SSSR count). The number of para-hydroxylation sites is 2. The molecule has 5 nitrogen and oxygen atoms in total. The molecule has 0 saturated carbocycles. The zero-order valence-electron chi connectivity index (χ0n) is 42.7. The Bertz CT molecular complexity index is 3680. The normalized spacial score (nSPS) is 15.7. The van der Waals surface area contributed by atoms with Crippen LogP contribution in [0, 0.1) is 6.85 Å². The van der Waals surface area contributed by atoms with Crippen molar-refractivity contribution in [3.8, 4) is 44.9 Å². The number of rotatable bonds is 7. The minimum absolute atomic E-state index is 0.162. The van der Waals surface area contributed by atoms with Crippen molar-refractivity contribution in [3.05, 3.63) is 204 Å². The van der Waals surface area contributed by atoms with E-state index in [4.69, 9.17) is 13.9 Å². The van der Waals surface area contributed by atoms with E-state index in [1.54, 1.807) is 0 Å². The van der Waals surface area contributed by atoms with Crippen LogP contribution in [0.25, 0.3) is 60.6 Å². The number of hydrogen-bond donors (Lipinski definition) is 0. The Balaban J connectivity index is 1.00. The summed E-state index contributed by atoms with van der Waals surface area (Å²) >= 11 is 0. The molecule has 2 aromatic heterocycles. The Labute approximate surface area is 404 Å². The molecule has 0 N–H and O–H groups in total. The number of pyridine rings is 1. The highest BCUT2D eigenvalue weighted by molar-refractivity contribution is 6.17. The van der Waals surface area contributed by atoms with Gasteiger partial charge < -0.3 is 14.5 Å². The van der Waals surface area contributed by atoms with Crippen molar-refractivity contribution in [3.63, 3.8) is 0 Å². The Morgan fingerprint density at radius 1 is 0.559 bits per heavy atom. The van der Waals surface area contributed by atoms with Gasteiger partial charge in [0.25, 0.3) is 0 Å². The molecular weight excluding hydrogens is 829 g/mol. The van der Waals surface area contributed by atoms with E-state index >= 15 is 0 Å². The fraction of sp³-hybridized carbons (Fsp3) is 0.190. The molecule has 0 saturated heterocycles.